The van der Waals surface area contributed by atoms with Crippen molar-refractivity contribution in [3.05, 3.63) is 65.7 Å². The highest BCUT2D eigenvalue weighted by atomic mass is 127. The minimum absolute atomic E-state index is 0. The number of hydrogen-bond donors (Lipinski definition) is 4. The van der Waals surface area contributed by atoms with Crippen LogP contribution in [0.3, 0.4) is 0 Å². The molecule has 0 aliphatic carbocycles. The number of nitrogens with one attached hydrogen (secondary N) is 3. The summed E-state index contributed by atoms with van der Waals surface area (Å²) in [6.07, 6.45) is 0.842. The van der Waals surface area contributed by atoms with Gasteiger partial charge in [-0.05, 0) is 43.2 Å². The molecule has 5 N–H and O–H groups in total. The molecule has 0 saturated carbocycles. The topological polar surface area (TPSA) is 118 Å². The summed E-state index contributed by atoms with van der Waals surface area (Å²) in [5, 5.41) is 8.95. The number of guanidine groups is 1. The lowest BCUT2D eigenvalue weighted by molar-refractivity contribution is -0.117. The van der Waals surface area contributed by atoms with Gasteiger partial charge in [-0.3, -0.25) is 9.59 Å². The van der Waals surface area contributed by atoms with Crippen molar-refractivity contribution in [1.82, 2.24) is 16.0 Å². The Morgan fingerprint density at radius 3 is 2.35 bits per heavy atom. The van der Waals surface area contributed by atoms with Gasteiger partial charge in [0.15, 0.2) is 5.96 Å². The molecule has 0 bridgehead atoms. The lowest BCUT2D eigenvalue weighted by atomic mass is 10.1. The molecule has 0 radical (unpaired) electrons. The summed E-state index contributed by atoms with van der Waals surface area (Å²) in [6, 6.07) is 16.8. The lowest BCUT2D eigenvalue weighted by Crippen LogP contribution is -2.38. The van der Waals surface area contributed by atoms with Gasteiger partial charge in [-0.2, -0.15) is 0 Å². The number of para-hydroxylation sites is 1. The standard InChI is InChI=1S/C22H29N5O3.HI/c1-2-24-22(25-13-6-14-30-19-7-4-3-5-8-19)27-15-17-9-11-18(12-10-17)21(29)26-16-20(23)28;/h3-5,7-12H,2,6,13-16H2,1H3,(H2,23,28)(H,26,29)(H2,24,25,27);1H. The molecule has 8 nitrogen and oxygen atoms in total. The highest BCUT2D eigenvalue weighted by Gasteiger charge is 2.06. The van der Waals surface area contributed by atoms with Crippen molar-refractivity contribution in [2.45, 2.75) is 19.9 Å². The first-order chi connectivity index (χ1) is 14.6. The van der Waals surface area contributed by atoms with Crippen molar-refractivity contribution < 1.29 is 14.3 Å². The number of ether oxygens (including phenoxy) is 1. The molecule has 0 saturated heterocycles. The van der Waals surface area contributed by atoms with Crippen molar-refractivity contribution >= 4 is 41.8 Å². The monoisotopic (exact) mass is 539 g/mol. The van der Waals surface area contributed by atoms with E-state index < -0.39 is 5.91 Å². The molecule has 0 atom stereocenters. The summed E-state index contributed by atoms with van der Waals surface area (Å²) in [4.78, 5) is 27.2. The molecule has 0 aliphatic heterocycles. The molecule has 168 valence electrons. The normalized spacial score (nSPS) is 10.5. The zero-order valence-corrected chi connectivity index (χ0v) is 19.9. The zero-order chi connectivity index (χ0) is 21.6. The predicted molar refractivity (Wildman–Crippen MR) is 133 cm³/mol. The molecule has 0 fully saturated rings. The van der Waals surface area contributed by atoms with E-state index in [2.05, 4.69) is 20.9 Å². The van der Waals surface area contributed by atoms with Crippen molar-refractivity contribution in [3.63, 3.8) is 0 Å². The van der Waals surface area contributed by atoms with Gasteiger partial charge in [-0.15, -0.1) is 24.0 Å². The fourth-order valence-corrected chi connectivity index (χ4v) is 2.53. The third-order valence-corrected chi connectivity index (χ3v) is 4.03. The number of halogens is 1. The van der Waals surface area contributed by atoms with Gasteiger partial charge in [0.05, 0.1) is 19.7 Å². The Bertz CT molecular complexity index is 829. The number of nitrogens with two attached hydrogens (primary N) is 1. The maximum atomic E-state index is 11.9. The van der Waals surface area contributed by atoms with Crippen LogP contribution >= 0.6 is 24.0 Å². The molecule has 0 unspecified atom stereocenters. The number of hydrogen-bond acceptors (Lipinski definition) is 4. The van der Waals surface area contributed by atoms with Gasteiger partial charge in [0.1, 0.15) is 5.75 Å². The Labute approximate surface area is 200 Å². The maximum Gasteiger partial charge on any atom is 0.251 e. The Kier molecular flexibility index (Phi) is 12.7. The van der Waals surface area contributed by atoms with Crippen LogP contribution in [0.2, 0.25) is 0 Å². The largest absolute Gasteiger partial charge is 0.494 e. The minimum atomic E-state index is -0.579. The highest BCUT2D eigenvalue weighted by molar-refractivity contribution is 14.0. The predicted octanol–water partition coefficient (Wildman–Crippen LogP) is 2.04. The lowest BCUT2D eigenvalue weighted by Gasteiger charge is -2.12. The van der Waals surface area contributed by atoms with E-state index in [-0.39, 0.29) is 36.4 Å². The van der Waals surface area contributed by atoms with Crippen LogP contribution in [0.1, 0.15) is 29.3 Å². The molecule has 31 heavy (non-hydrogen) atoms. The summed E-state index contributed by atoms with van der Waals surface area (Å²) in [5.74, 6) is 0.672. The smallest absolute Gasteiger partial charge is 0.251 e. The summed E-state index contributed by atoms with van der Waals surface area (Å²) < 4.78 is 5.68. The molecular weight excluding hydrogens is 509 g/mol. The van der Waals surface area contributed by atoms with Crippen molar-refractivity contribution in [2.75, 3.05) is 26.2 Å². The minimum Gasteiger partial charge on any atom is -0.494 e. The SMILES string of the molecule is CCNC(=NCc1ccc(C(=O)NCC(N)=O)cc1)NCCCOc1ccccc1.I. The van der Waals surface area contributed by atoms with Gasteiger partial charge >= 0.3 is 0 Å². The van der Waals surface area contributed by atoms with Crippen LogP contribution in [-0.4, -0.2) is 44.0 Å². The molecule has 2 amide bonds. The van der Waals surface area contributed by atoms with Gasteiger partial charge in [0.2, 0.25) is 5.91 Å². The number of aliphatic imine (C=N–C) groups is 1. The summed E-state index contributed by atoms with van der Waals surface area (Å²) >= 11 is 0. The van der Waals surface area contributed by atoms with E-state index in [1.165, 1.54) is 0 Å². The Hall–Kier alpha value is -2.82. The van der Waals surface area contributed by atoms with Gasteiger partial charge < -0.3 is 26.4 Å². The molecule has 2 aromatic carbocycles. The second-order valence-corrected chi connectivity index (χ2v) is 6.48. The van der Waals surface area contributed by atoms with E-state index in [0.717, 1.165) is 36.8 Å². The van der Waals surface area contributed by atoms with Crippen LogP contribution in [-0.2, 0) is 11.3 Å². The third kappa shape index (κ3) is 10.7. The van der Waals surface area contributed by atoms with Gasteiger partial charge in [-0.25, -0.2) is 4.99 Å². The fourth-order valence-electron chi connectivity index (χ4n) is 2.53. The Morgan fingerprint density at radius 1 is 1.00 bits per heavy atom. The van der Waals surface area contributed by atoms with E-state index in [9.17, 15) is 9.59 Å². The quantitative estimate of drug-likeness (QED) is 0.151. The van der Waals surface area contributed by atoms with Crippen molar-refractivity contribution in [1.29, 1.82) is 0 Å². The summed E-state index contributed by atoms with van der Waals surface area (Å²) in [7, 11) is 0. The number of rotatable bonds is 11. The average Bonchev–Trinajstić information content (AvgIpc) is 2.76. The van der Waals surface area contributed by atoms with E-state index in [4.69, 9.17) is 10.5 Å². The Balaban J connectivity index is 0.00000480. The van der Waals surface area contributed by atoms with E-state index in [1.807, 2.05) is 49.4 Å². The number of primary amides is 1. The van der Waals surface area contributed by atoms with Gasteiger partial charge in [0, 0.05) is 18.7 Å². The van der Waals surface area contributed by atoms with Gasteiger partial charge in [-0.1, -0.05) is 30.3 Å². The molecule has 2 aromatic rings. The molecule has 0 spiro atoms. The van der Waals surface area contributed by atoms with Crippen molar-refractivity contribution in [2.24, 2.45) is 10.7 Å². The summed E-state index contributed by atoms with van der Waals surface area (Å²) in [6.45, 7) is 4.41. The number of benzene rings is 2. The number of nitrogens with zero attached hydrogens (tertiary/aromatic N) is 1. The van der Waals surface area contributed by atoms with Crippen LogP contribution in [0.25, 0.3) is 0 Å². The third-order valence-electron chi connectivity index (χ3n) is 4.03. The maximum absolute atomic E-state index is 11.9. The molecule has 0 aliphatic rings. The van der Waals surface area contributed by atoms with Crippen molar-refractivity contribution in [3.8, 4) is 5.75 Å². The second kappa shape index (κ2) is 15.1. The average molecular weight is 539 g/mol. The molecular formula is C22H30IN5O3. The van der Waals surface area contributed by atoms with E-state index in [0.29, 0.717) is 18.7 Å². The van der Waals surface area contributed by atoms with Crippen LogP contribution in [0.15, 0.2) is 59.6 Å². The molecule has 0 heterocycles. The van der Waals surface area contributed by atoms with E-state index >= 15 is 0 Å². The summed E-state index contributed by atoms with van der Waals surface area (Å²) in [5.41, 5.74) is 6.46. The second-order valence-electron chi connectivity index (χ2n) is 6.48. The van der Waals surface area contributed by atoms with Crippen LogP contribution in [0, 0.1) is 0 Å². The first-order valence-corrected chi connectivity index (χ1v) is 9.94. The van der Waals surface area contributed by atoms with Crippen LogP contribution in [0.5, 0.6) is 5.75 Å². The highest BCUT2D eigenvalue weighted by Crippen LogP contribution is 2.08. The number of amides is 2. The molecule has 9 heteroatoms. The first-order valence-electron chi connectivity index (χ1n) is 9.94. The molecule has 2 rings (SSSR count). The zero-order valence-electron chi connectivity index (χ0n) is 17.6. The molecule has 0 aromatic heterocycles. The van der Waals surface area contributed by atoms with E-state index in [1.54, 1.807) is 12.1 Å². The van der Waals surface area contributed by atoms with Gasteiger partial charge in [0.25, 0.3) is 5.91 Å². The van der Waals surface area contributed by atoms with Crippen LogP contribution < -0.4 is 26.4 Å². The first kappa shape index (κ1) is 26.2. The fraction of sp³-hybridized carbons (Fsp3) is 0.318. The number of carbonyl (C=O) groups excluding carboxylic acids is 2. The number of carbonyl (C=O) groups is 2. The Morgan fingerprint density at radius 2 is 1.71 bits per heavy atom. The van der Waals surface area contributed by atoms with Crippen LogP contribution in [0.4, 0.5) is 0 Å².